The molecular formula is C12H7ClN4O. The quantitative estimate of drug-likeness (QED) is 0.565. The van der Waals surface area contributed by atoms with Crippen LogP contribution in [0.5, 0.6) is 0 Å². The van der Waals surface area contributed by atoms with Gasteiger partial charge in [-0.2, -0.15) is 5.10 Å². The Labute approximate surface area is 107 Å². The van der Waals surface area contributed by atoms with Crippen LogP contribution in [0.15, 0.2) is 36.5 Å². The fourth-order valence-electron chi connectivity index (χ4n) is 1.62. The number of aromatic amines is 1. The molecule has 1 aromatic carbocycles. The zero-order valence-corrected chi connectivity index (χ0v) is 9.85. The second-order valence-electron chi connectivity index (χ2n) is 3.66. The lowest BCUT2D eigenvalue weighted by Crippen LogP contribution is -2.07. The molecule has 2 aromatic heterocycles. The lowest BCUT2D eigenvalue weighted by Gasteiger charge is -2.00. The molecule has 0 radical (unpaired) electrons. The van der Waals surface area contributed by atoms with E-state index in [-0.39, 0.29) is 16.8 Å². The van der Waals surface area contributed by atoms with Crippen molar-refractivity contribution in [2.75, 3.05) is 0 Å². The molecule has 0 amide bonds. The first-order chi connectivity index (χ1) is 8.75. The second kappa shape index (κ2) is 4.19. The normalized spacial score (nSPS) is 10.7. The summed E-state index contributed by atoms with van der Waals surface area (Å²) in [5.41, 5.74) is 1.58. The number of aromatic nitrogens is 4. The zero-order valence-electron chi connectivity index (χ0n) is 9.09. The van der Waals surface area contributed by atoms with Crippen LogP contribution in [-0.4, -0.2) is 25.9 Å². The van der Waals surface area contributed by atoms with Gasteiger partial charge in [0.2, 0.25) is 11.6 Å². The second-order valence-corrected chi connectivity index (χ2v) is 4.02. The van der Waals surface area contributed by atoms with E-state index >= 15 is 0 Å². The van der Waals surface area contributed by atoms with Gasteiger partial charge >= 0.3 is 0 Å². The van der Waals surface area contributed by atoms with E-state index in [0.29, 0.717) is 16.6 Å². The highest BCUT2D eigenvalue weighted by Gasteiger charge is 2.15. The number of hydrogen-bond acceptors (Lipinski definition) is 4. The van der Waals surface area contributed by atoms with Crippen molar-refractivity contribution in [3.05, 3.63) is 53.1 Å². The van der Waals surface area contributed by atoms with Crippen LogP contribution < -0.4 is 0 Å². The number of nitrogens with one attached hydrogen (secondary N) is 1. The molecule has 3 aromatic rings. The van der Waals surface area contributed by atoms with Crippen LogP contribution in [0.25, 0.3) is 11.0 Å². The smallest absolute Gasteiger partial charge is 0.230 e. The first-order valence-corrected chi connectivity index (χ1v) is 5.60. The largest absolute Gasteiger partial charge is 0.285 e. The fraction of sp³-hybridized carbons (Fsp3) is 0. The molecule has 1 N–H and O–H groups in total. The van der Waals surface area contributed by atoms with E-state index in [2.05, 4.69) is 20.2 Å². The molecule has 3 rings (SSSR count). The minimum Gasteiger partial charge on any atom is -0.285 e. The monoisotopic (exact) mass is 258 g/mol. The molecule has 88 valence electrons. The molecule has 0 aliphatic rings. The summed E-state index contributed by atoms with van der Waals surface area (Å²) in [5, 5.41) is 6.68. The van der Waals surface area contributed by atoms with Crippen molar-refractivity contribution in [1.82, 2.24) is 20.2 Å². The van der Waals surface area contributed by atoms with Crippen molar-refractivity contribution >= 4 is 28.4 Å². The maximum absolute atomic E-state index is 12.1. The third kappa shape index (κ3) is 1.74. The molecule has 0 aliphatic heterocycles. The molecule has 0 bridgehead atoms. The van der Waals surface area contributed by atoms with E-state index in [0.717, 1.165) is 0 Å². The molecule has 0 spiro atoms. The molecule has 0 fully saturated rings. The minimum absolute atomic E-state index is 0.0695. The Bertz CT molecular complexity index is 723. The van der Waals surface area contributed by atoms with Crippen LogP contribution in [0.4, 0.5) is 0 Å². The van der Waals surface area contributed by atoms with Crippen LogP contribution in [0.3, 0.4) is 0 Å². The van der Waals surface area contributed by atoms with Crippen LogP contribution in [0.2, 0.25) is 5.15 Å². The lowest BCUT2D eigenvalue weighted by molar-refractivity contribution is 0.102. The van der Waals surface area contributed by atoms with Gasteiger partial charge in [-0.15, -0.1) is 0 Å². The number of benzene rings is 1. The van der Waals surface area contributed by atoms with Crippen molar-refractivity contribution in [1.29, 1.82) is 0 Å². The van der Waals surface area contributed by atoms with Crippen LogP contribution in [0.1, 0.15) is 16.2 Å². The van der Waals surface area contributed by atoms with Crippen LogP contribution in [-0.2, 0) is 0 Å². The maximum Gasteiger partial charge on any atom is 0.230 e. The minimum atomic E-state index is -0.263. The highest BCUT2D eigenvalue weighted by atomic mass is 35.5. The van der Waals surface area contributed by atoms with Crippen molar-refractivity contribution in [3.8, 4) is 0 Å². The van der Waals surface area contributed by atoms with Gasteiger partial charge in [-0.1, -0.05) is 41.9 Å². The number of halogens is 1. The molecule has 0 saturated heterocycles. The summed E-state index contributed by atoms with van der Waals surface area (Å²) in [5.74, 6) is -0.194. The average Bonchev–Trinajstić information content (AvgIpc) is 2.88. The Morgan fingerprint density at radius 1 is 1.17 bits per heavy atom. The number of hydrogen-bond donors (Lipinski definition) is 1. The molecule has 0 atom stereocenters. The molecular weight excluding hydrogens is 252 g/mol. The number of nitrogens with zero attached hydrogens (tertiary/aromatic N) is 3. The molecule has 5 nitrogen and oxygen atoms in total. The number of H-pyrrole nitrogens is 1. The van der Waals surface area contributed by atoms with Gasteiger partial charge in [0, 0.05) is 5.56 Å². The summed E-state index contributed by atoms with van der Waals surface area (Å²) in [4.78, 5) is 20.3. The third-order valence-electron chi connectivity index (χ3n) is 2.50. The highest BCUT2D eigenvalue weighted by Crippen LogP contribution is 2.18. The Kier molecular flexibility index (Phi) is 2.53. The van der Waals surface area contributed by atoms with E-state index in [1.165, 1.54) is 6.20 Å². The van der Waals surface area contributed by atoms with E-state index in [1.54, 1.807) is 24.3 Å². The fourth-order valence-corrected chi connectivity index (χ4v) is 1.84. The number of rotatable bonds is 2. The Morgan fingerprint density at radius 3 is 2.72 bits per heavy atom. The van der Waals surface area contributed by atoms with Gasteiger partial charge in [0.15, 0.2) is 5.15 Å². The number of carbonyl (C=O) groups is 1. The molecule has 0 aliphatic carbocycles. The Morgan fingerprint density at radius 2 is 1.94 bits per heavy atom. The number of carbonyl (C=O) groups excluding carboxylic acids is 1. The SMILES string of the molecule is O=C(c1ccccc1)c1nc(Cl)c2[nH]ncc2n1. The van der Waals surface area contributed by atoms with Crippen LogP contribution in [0, 0.1) is 0 Å². The standard InChI is InChI=1S/C12H7ClN4O/c13-11-9-8(6-14-17-9)15-12(16-11)10(18)7-4-2-1-3-5-7/h1-6H,(H,14,17). The van der Waals surface area contributed by atoms with E-state index < -0.39 is 0 Å². The molecule has 18 heavy (non-hydrogen) atoms. The summed E-state index contributed by atoms with van der Waals surface area (Å²) in [6.45, 7) is 0. The first-order valence-electron chi connectivity index (χ1n) is 5.22. The van der Waals surface area contributed by atoms with Crippen molar-refractivity contribution in [2.45, 2.75) is 0 Å². The van der Waals surface area contributed by atoms with Crippen molar-refractivity contribution in [3.63, 3.8) is 0 Å². The van der Waals surface area contributed by atoms with Gasteiger partial charge in [0.05, 0.1) is 6.20 Å². The maximum atomic E-state index is 12.1. The molecule has 0 saturated carbocycles. The lowest BCUT2D eigenvalue weighted by atomic mass is 10.1. The third-order valence-corrected chi connectivity index (χ3v) is 2.77. The van der Waals surface area contributed by atoms with Crippen LogP contribution >= 0.6 is 11.6 Å². The van der Waals surface area contributed by atoms with E-state index in [4.69, 9.17) is 11.6 Å². The van der Waals surface area contributed by atoms with Gasteiger partial charge < -0.3 is 0 Å². The zero-order chi connectivity index (χ0) is 12.5. The number of fused-ring (bicyclic) bond motifs is 1. The topological polar surface area (TPSA) is 71.5 Å². The first kappa shape index (κ1) is 10.9. The van der Waals surface area contributed by atoms with Gasteiger partial charge in [-0.05, 0) is 0 Å². The molecule has 0 unspecified atom stereocenters. The predicted octanol–water partition coefficient (Wildman–Crippen LogP) is 2.24. The highest BCUT2D eigenvalue weighted by molar-refractivity contribution is 6.33. The summed E-state index contributed by atoms with van der Waals surface area (Å²) in [6, 6.07) is 8.82. The van der Waals surface area contributed by atoms with E-state index in [1.807, 2.05) is 6.07 Å². The van der Waals surface area contributed by atoms with Gasteiger partial charge in [0.1, 0.15) is 11.0 Å². The summed E-state index contributed by atoms with van der Waals surface area (Å²) in [6.07, 6.45) is 1.50. The molecule has 2 heterocycles. The summed E-state index contributed by atoms with van der Waals surface area (Å²) >= 11 is 5.96. The Hall–Kier alpha value is -2.27. The Balaban J connectivity index is 2.12. The predicted molar refractivity (Wildman–Crippen MR) is 66.6 cm³/mol. The molecule has 6 heteroatoms. The average molecular weight is 259 g/mol. The van der Waals surface area contributed by atoms with Gasteiger partial charge in [0.25, 0.3) is 0 Å². The summed E-state index contributed by atoms with van der Waals surface area (Å²) in [7, 11) is 0. The summed E-state index contributed by atoms with van der Waals surface area (Å²) < 4.78 is 0. The van der Waals surface area contributed by atoms with Gasteiger partial charge in [-0.25, -0.2) is 9.97 Å². The van der Waals surface area contributed by atoms with E-state index in [9.17, 15) is 4.79 Å². The van der Waals surface area contributed by atoms with Gasteiger partial charge in [-0.3, -0.25) is 9.89 Å². The number of ketones is 1. The van der Waals surface area contributed by atoms with Crippen molar-refractivity contribution in [2.24, 2.45) is 0 Å². The van der Waals surface area contributed by atoms with Crippen molar-refractivity contribution < 1.29 is 4.79 Å².